The molecule has 158 valence electrons. The first-order chi connectivity index (χ1) is 14.0. The Labute approximate surface area is 172 Å². The summed E-state index contributed by atoms with van der Waals surface area (Å²) < 4.78 is 11.4. The Morgan fingerprint density at radius 1 is 1.21 bits per heavy atom. The number of ether oxygens (including phenoxy) is 2. The van der Waals surface area contributed by atoms with Crippen molar-refractivity contribution in [2.75, 3.05) is 32.2 Å². The number of hydrogen-bond acceptors (Lipinski definition) is 5. The van der Waals surface area contributed by atoms with Gasteiger partial charge in [-0.05, 0) is 50.3 Å². The van der Waals surface area contributed by atoms with Crippen molar-refractivity contribution in [3.8, 4) is 11.5 Å². The van der Waals surface area contributed by atoms with Gasteiger partial charge in [-0.25, -0.2) is 0 Å². The van der Waals surface area contributed by atoms with E-state index in [4.69, 9.17) is 9.47 Å². The molecule has 6 nitrogen and oxygen atoms in total. The third kappa shape index (κ3) is 2.12. The van der Waals surface area contributed by atoms with Crippen LogP contribution in [0.15, 0.2) is 12.1 Å². The van der Waals surface area contributed by atoms with Gasteiger partial charge in [0, 0.05) is 36.4 Å². The highest BCUT2D eigenvalue weighted by molar-refractivity contribution is 5.99. The molecule has 0 radical (unpaired) electrons. The maximum absolute atomic E-state index is 12.9. The van der Waals surface area contributed by atoms with Crippen LogP contribution in [-0.2, 0) is 10.2 Å². The number of hydrogen-bond donors (Lipinski definition) is 1. The van der Waals surface area contributed by atoms with Crippen molar-refractivity contribution in [2.24, 2.45) is 5.41 Å². The minimum Gasteiger partial charge on any atom is -0.493 e. The number of amides is 1. The molecule has 2 saturated heterocycles. The zero-order chi connectivity index (χ0) is 20.6. The predicted molar refractivity (Wildman–Crippen MR) is 111 cm³/mol. The van der Waals surface area contributed by atoms with Gasteiger partial charge in [0.15, 0.2) is 11.5 Å². The summed E-state index contributed by atoms with van der Waals surface area (Å²) in [6.07, 6.45) is 4.42. The third-order valence-corrected chi connectivity index (χ3v) is 8.61. The normalized spacial score (nSPS) is 37.7. The van der Waals surface area contributed by atoms with Gasteiger partial charge >= 0.3 is 0 Å². The molecule has 3 fully saturated rings. The lowest BCUT2D eigenvalue weighted by Crippen LogP contribution is -2.68. The van der Waals surface area contributed by atoms with Gasteiger partial charge in [0.1, 0.15) is 0 Å². The number of aliphatic hydroxyl groups excluding tert-OH is 1. The van der Waals surface area contributed by atoms with E-state index in [9.17, 15) is 9.90 Å². The van der Waals surface area contributed by atoms with Crippen LogP contribution >= 0.6 is 0 Å². The number of aliphatic hydroxyl groups is 1. The number of rotatable bonds is 3. The quantitative estimate of drug-likeness (QED) is 0.845. The van der Waals surface area contributed by atoms with E-state index in [1.165, 1.54) is 5.56 Å². The second-order valence-electron chi connectivity index (χ2n) is 9.26. The van der Waals surface area contributed by atoms with Crippen LogP contribution in [0, 0.1) is 5.41 Å². The minimum atomic E-state index is -0.278. The Hall–Kier alpha value is -1.79. The molecule has 1 amide bonds. The van der Waals surface area contributed by atoms with Crippen molar-refractivity contribution in [1.82, 2.24) is 4.90 Å². The van der Waals surface area contributed by atoms with E-state index in [1.807, 2.05) is 11.0 Å². The van der Waals surface area contributed by atoms with E-state index in [0.717, 1.165) is 50.9 Å². The van der Waals surface area contributed by atoms with Crippen molar-refractivity contribution in [2.45, 2.75) is 69.6 Å². The average molecular weight is 401 g/mol. The molecule has 0 aromatic heterocycles. The molecule has 5 atom stereocenters. The standard InChI is InChI=1S/C23H32N2O4/c1-5-22-10-8-17-23(11-13-24(21(22)23)12-9-18(22)27)15-6-7-16(28-3)20(29-4)19(15)25(17)14(2)26/h6-7,17-18,21,27H,5,8-13H2,1-4H3/t17-,18-,21-,22+,23-/m0/s1. The maximum atomic E-state index is 12.9. The van der Waals surface area contributed by atoms with Gasteiger partial charge in [0.2, 0.25) is 5.91 Å². The van der Waals surface area contributed by atoms with E-state index in [-0.39, 0.29) is 34.9 Å². The fourth-order valence-electron chi connectivity index (χ4n) is 7.60. The number of methoxy groups -OCH3 is 2. The molecule has 6 heteroatoms. The van der Waals surface area contributed by atoms with Gasteiger partial charge in [-0.15, -0.1) is 0 Å². The van der Waals surface area contributed by atoms with Crippen molar-refractivity contribution < 1.29 is 19.4 Å². The van der Waals surface area contributed by atoms with E-state index in [0.29, 0.717) is 11.5 Å². The third-order valence-electron chi connectivity index (χ3n) is 8.61. The fourth-order valence-corrected chi connectivity index (χ4v) is 7.60. The Bertz CT molecular complexity index is 858. The summed E-state index contributed by atoms with van der Waals surface area (Å²) in [5.41, 5.74) is 1.83. The van der Waals surface area contributed by atoms with Crippen molar-refractivity contribution in [3.05, 3.63) is 17.7 Å². The molecule has 1 aliphatic carbocycles. The van der Waals surface area contributed by atoms with E-state index in [1.54, 1.807) is 21.1 Å². The second-order valence-corrected chi connectivity index (χ2v) is 9.26. The molecule has 0 unspecified atom stereocenters. The molecule has 5 rings (SSSR count). The molecule has 1 N–H and O–H groups in total. The minimum absolute atomic E-state index is 0.0542. The molecule has 3 heterocycles. The zero-order valence-electron chi connectivity index (χ0n) is 17.9. The Kier molecular flexibility index (Phi) is 4.20. The molecule has 3 aliphatic heterocycles. The highest BCUT2D eigenvalue weighted by Gasteiger charge is 2.70. The molecular formula is C23H32N2O4. The second kappa shape index (κ2) is 6.35. The summed E-state index contributed by atoms with van der Waals surface area (Å²) >= 11 is 0. The van der Waals surface area contributed by atoms with Crippen LogP contribution in [0.3, 0.4) is 0 Å². The van der Waals surface area contributed by atoms with Crippen LogP contribution in [-0.4, -0.2) is 61.4 Å². The Morgan fingerprint density at radius 2 is 2.00 bits per heavy atom. The van der Waals surface area contributed by atoms with Gasteiger partial charge in [0.25, 0.3) is 0 Å². The summed E-state index contributed by atoms with van der Waals surface area (Å²) in [5.74, 6) is 1.37. The summed E-state index contributed by atoms with van der Waals surface area (Å²) in [6.45, 7) is 5.85. The monoisotopic (exact) mass is 400 g/mol. The molecule has 1 saturated carbocycles. The van der Waals surface area contributed by atoms with Crippen LogP contribution in [0.4, 0.5) is 5.69 Å². The molecule has 1 aromatic rings. The maximum Gasteiger partial charge on any atom is 0.224 e. The number of carbonyl (C=O) groups is 1. The number of nitrogens with zero attached hydrogens (tertiary/aromatic N) is 2. The number of carbonyl (C=O) groups excluding carboxylic acids is 1. The average Bonchev–Trinajstić information content (AvgIpc) is 3.26. The lowest BCUT2D eigenvalue weighted by Gasteiger charge is -2.60. The predicted octanol–water partition coefficient (Wildman–Crippen LogP) is 2.71. The summed E-state index contributed by atoms with van der Waals surface area (Å²) in [7, 11) is 3.29. The number of piperidine rings is 1. The van der Waals surface area contributed by atoms with Crippen molar-refractivity contribution >= 4 is 11.6 Å². The van der Waals surface area contributed by atoms with Gasteiger partial charge < -0.3 is 19.5 Å². The van der Waals surface area contributed by atoms with E-state index >= 15 is 0 Å². The van der Waals surface area contributed by atoms with Gasteiger partial charge in [-0.2, -0.15) is 0 Å². The molecule has 1 aromatic carbocycles. The van der Waals surface area contributed by atoms with Crippen LogP contribution in [0.5, 0.6) is 11.5 Å². The van der Waals surface area contributed by atoms with Gasteiger partial charge in [-0.1, -0.05) is 13.0 Å². The lowest BCUT2D eigenvalue weighted by atomic mass is 9.51. The first-order valence-corrected chi connectivity index (χ1v) is 10.9. The van der Waals surface area contributed by atoms with Crippen molar-refractivity contribution in [3.63, 3.8) is 0 Å². The van der Waals surface area contributed by atoms with Crippen LogP contribution in [0.25, 0.3) is 0 Å². The first-order valence-electron chi connectivity index (χ1n) is 10.9. The summed E-state index contributed by atoms with van der Waals surface area (Å²) in [5, 5.41) is 11.2. The molecule has 4 aliphatic rings. The largest absolute Gasteiger partial charge is 0.493 e. The summed E-state index contributed by atoms with van der Waals surface area (Å²) in [6, 6.07) is 4.50. The van der Waals surface area contributed by atoms with Crippen molar-refractivity contribution in [1.29, 1.82) is 0 Å². The lowest BCUT2D eigenvalue weighted by molar-refractivity contribution is -0.125. The Balaban J connectivity index is 1.79. The summed E-state index contributed by atoms with van der Waals surface area (Å²) in [4.78, 5) is 17.5. The molecular weight excluding hydrogens is 368 g/mol. The van der Waals surface area contributed by atoms with Gasteiger partial charge in [0.05, 0.1) is 26.0 Å². The highest BCUT2D eigenvalue weighted by atomic mass is 16.5. The van der Waals surface area contributed by atoms with E-state index in [2.05, 4.69) is 17.9 Å². The number of anilines is 1. The highest BCUT2D eigenvalue weighted by Crippen LogP contribution is 2.67. The number of benzene rings is 1. The number of fused-ring (bicyclic) bond motifs is 1. The first kappa shape index (κ1) is 19.2. The topological polar surface area (TPSA) is 62.2 Å². The van der Waals surface area contributed by atoms with Crippen LogP contribution in [0.2, 0.25) is 0 Å². The molecule has 29 heavy (non-hydrogen) atoms. The fraction of sp³-hybridized carbons (Fsp3) is 0.696. The molecule has 0 bridgehead atoms. The van der Waals surface area contributed by atoms with Crippen LogP contribution < -0.4 is 14.4 Å². The zero-order valence-corrected chi connectivity index (χ0v) is 17.9. The smallest absolute Gasteiger partial charge is 0.224 e. The Morgan fingerprint density at radius 3 is 2.66 bits per heavy atom. The molecule has 1 spiro atoms. The SMILES string of the molecule is CC[C@@]12CC[C@@H]3N(C(C)=O)c4c(ccc(OC)c4OC)[C@@]34CCN(CC[C@@H]1O)[C@@H]24. The van der Waals surface area contributed by atoms with E-state index < -0.39 is 0 Å². The van der Waals surface area contributed by atoms with Gasteiger partial charge in [-0.3, -0.25) is 9.69 Å². The van der Waals surface area contributed by atoms with Crippen LogP contribution in [0.1, 0.15) is 51.5 Å².